The summed E-state index contributed by atoms with van der Waals surface area (Å²) in [6, 6.07) is 5.21. The first-order valence-electron chi connectivity index (χ1n) is 5.63. The summed E-state index contributed by atoms with van der Waals surface area (Å²) < 4.78 is 11.1. The highest BCUT2D eigenvalue weighted by Gasteiger charge is 2.08. The van der Waals surface area contributed by atoms with E-state index >= 15 is 0 Å². The van der Waals surface area contributed by atoms with Crippen molar-refractivity contribution in [1.82, 2.24) is 10.2 Å². The number of nitrogens with one attached hydrogen (secondary N) is 1. The minimum absolute atomic E-state index is 0.125. The molecular weight excluding hydrogens is 298 g/mol. The lowest BCUT2D eigenvalue weighted by Gasteiger charge is -2.09. The van der Waals surface area contributed by atoms with Gasteiger partial charge in [-0.15, -0.1) is 10.2 Å². The third-order valence-corrected chi connectivity index (χ3v) is 4.16. The second kappa shape index (κ2) is 7.11. The van der Waals surface area contributed by atoms with Gasteiger partial charge in [0.05, 0.1) is 20.0 Å². The van der Waals surface area contributed by atoms with Gasteiger partial charge in [0, 0.05) is 23.9 Å². The maximum absolute atomic E-state index is 11.8. The molecule has 6 nitrogen and oxygen atoms in total. The largest absolute Gasteiger partial charge is 0.497 e. The fraction of sp³-hybridized carbons (Fsp3) is 0.250. The van der Waals surface area contributed by atoms with Gasteiger partial charge in [0.15, 0.2) is 4.34 Å². The topological polar surface area (TPSA) is 73.3 Å². The average molecular weight is 311 g/mol. The number of thioether (sulfide) groups is 1. The molecule has 2 aromatic rings. The molecule has 20 heavy (non-hydrogen) atoms. The Labute approximate surface area is 124 Å². The highest BCUT2D eigenvalue weighted by Crippen LogP contribution is 2.26. The number of carbonyl (C=O) groups is 1. The van der Waals surface area contributed by atoms with Crippen LogP contribution in [0.25, 0.3) is 0 Å². The van der Waals surface area contributed by atoms with Gasteiger partial charge in [-0.25, -0.2) is 0 Å². The maximum atomic E-state index is 11.8. The van der Waals surface area contributed by atoms with Crippen LogP contribution in [0.3, 0.4) is 0 Å². The molecule has 0 atom stereocenters. The summed E-state index contributed by atoms with van der Waals surface area (Å²) in [7, 11) is 3.12. The van der Waals surface area contributed by atoms with Gasteiger partial charge in [-0.1, -0.05) is 23.1 Å². The predicted molar refractivity (Wildman–Crippen MR) is 78.8 cm³/mol. The summed E-state index contributed by atoms with van der Waals surface area (Å²) in [6.07, 6.45) is 0. The first kappa shape index (κ1) is 14.6. The van der Waals surface area contributed by atoms with E-state index < -0.39 is 0 Å². The molecule has 1 N–H and O–H groups in total. The van der Waals surface area contributed by atoms with E-state index in [4.69, 9.17) is 9.47 Å². The van der Waals surface area contributed by atoms with Crippen LogP contribution in [0.5, 0.6) is 11.5 Å². The van der Waals surface area contributed by atoms with Crippen LogP contribution >= 0.6 is 23.1 Å². The number of carbonyl (C=O) groups excluding carboxylic acids is 1. The van der Waals surface area contributed by atoms with Crippen LogP contribution in [0.15, 0.2) is 28.0 Å². The first-order chi connectivity index (χ1) is 9.71. The fourth-order valence-electron chi connectivity index (χ4n) is 1.43. The molecule has 0 saturated carbocycles. The van der Waals surface area contributed by atoms with Crippen LogP contribution in [0.4, 0.5) is 5.69 Å². The number of rotatable bonds is 6. The lowest BCUT2D eigenvalue weighted by Crippen LogP contribution is -2.14. The standard InChI is InChI=1S/C12H13N3O3S2/c1-17-9-3-8(4-10(5-9)18-2)14-11(16)6-19-12-15-13-7-20-12/h3-5,7H,6H2,1-2H3,(H,14,16). The van der Waals surface area contributed by atoms with Crippen molar-refractivity contribution in [3.05, 3.63) is 23.7 Å². The summed E-state index contributed by atoms with van der Waals surface area (Å²) in [6.45, 7) is 0. The molecule has 0 bridgehead atoms. The molecule has 106 valence electrons. The maximum Gasteiger partial charge on any atom is 0.234 e. The number of hydrogen-bond donors (Lipinski definition) is 1. The number of amides is 1. The van der Waals surface area contributed by atoms with Crippen LogP contribution in [0.2, 0.25) is 0 Å². The number of anilines is 1. The van der Waals surface area contributed by atoms with Gasteiger partial charge in [0.2, 0.25) is 5.91 Å². The molecular formula is C12H13N3O3S2. The summed E-state index contributed by atoms with van der Waals surface area (Å²) in [4.78, 5) is 11.8. The molecule has 2 rings (SSSR count). The van der Waals surface area contributed by atoms with Gasteiger partial charge < -0.3 is 14.8 Å². The minimum Gasteiger partial charge on any atom is -0.497 e. The van der Waals surface area contributed by atoms with Crippen LogP contribution in [0, 0.1) is 0 Å². The SMILES string of the molecule is COc1cc(NC(=O)CSc2nncs2)cc(OC)c1. The van der Waals surface area contributed by atoms with E-state index in [0.717, 1.165) is 4.34 Å². The summed E-state index contributed by atoms with van der Waals surface area (Å²) >= 11 is 2.75. The molecule has 1 heterocycles. The van der Waals surface area contributed by atoms with E-state index in [0.29, 0.717) is 17.2 Å². The molecule has 0 unspecified atom stereocenters. The van der Waals surface area contributed by atoms with Crippen molar-refractivity contribution in [2.24, 2.45) is 0 Å². The Morgan fingerprint density at radius 3 is 2.55 bits per heavy atom. The van der Waals surface area contributed by atoms with E-state index in [9.17, 15) is 4.79 Å². The summed E-state index contributed by atoms with van der Waals surface area (Å²) in [5.41, 5.74) is 2.26. The molecule has 0 radical (unpaired) electrons. The van der Waals surface area contributed by atoms with Crippen molar-refractivity contribution < 1.29 is 14.3 Å². The second-order valence-electron chi connectivity index (χ2n) is 3.64. The van der Waals surface area contributed by atoms with Crippen LogP contribution < -0.4 is 14.8 Å². The van der Waals surface area contributed by atoms with E-state index in [-0.39, 0.29) is 11.7 Å². The highest BCUT2D eigenvalue weighted by molar-refractivity contribution is 8.01. The zero-order valence-corrected chi connectivity index (χ0v) is 12.6. The molecule has 8 heteroatoms. The van der Waals surface area contributed by atoms with Gasteiger partial charge >= 0.3 is 0 Å². The predicted octanol–water partition coefficient (Wildman–Crippen LogP) is 2.29. The van der Waals surface area contributed by atoms with E-state index in [1.165, 1.54) is 23.1 Å². The first-order valence-corrected chi connectivity index (χ1v) is 7.49. The molecule has 0 fully saturated rings. The third-order valence-electron chi connectivity index (χ3n) is 2.30. The highest BCUT2D eigenvalue weighted by atomic mass is 32.2. The zero-order valence-electron chi connectivity index (χ0n) is 11.0. The van der Waals surface area contributed by atoms with Crippen molar-refractivity contribution in [1.29, 1.82) is 0 Å². The Kier molecular flexibility index (Phi) is 5.19. The third kappa shape index (κ3) is 4.10. The van der Waals surface area contributed by atoms with E-state index in [1.807, 2.05) is 0 Å². The molecule has 0 aliphatic heterocycles. The number of benzene rings is 1. The Bertz CT molecular complexity index is 553. The van der Waals surface area contributed by atoms with Gasteiger partial charge in [-0.3, -0.25) is 4.79 Å². The smallest absolute Gasteiger partial charge is 0.234 e. The Balaban J connectivity index is 1.96. The number of aromatic nitrogens is 2. The molecule has 1 amide bonds. The van der Waals surface area contributed by atoms with Crippen molar-refractivity contribution in [2.75, 3.05) is 25.3 Å². The lowest BCUT2D eigenvalue weighted by atomic mass is 10.2. The Hall–Kier alpha value is -1.80. The normalized spacial score (nSPS) is 10.1. The number of ether oxygens (including phenoxy) is 2. The van der Waals surface area contributed by atoms with Crippen LogP contribution in [-0.2, 0) is 4.79 Å². The number of nitrogens with zero attached hydrogens (tertiary/aromatic N) is 2. The number of methoxy groups -OCH3 is 2. The molecule has 0 aliphatic rings. The molecule has 0 saturated heterocycles. The fourth-order valence-corrected chi connectivity index (χ4v) is 2.72. The zero-order chi connectivity index (χ0) is 14.4. The average Bonchev–Trinajstić information content (AvgIpc) is 2.98. The lowest BCUT2D eigenvalue weighted by molar-refractivity contribution is -0.113. The molecule has 1 aromatic heterocycles. The van der Waals surface area contributed by atoms with Gasteiger partial charge in [0.1, 0.15) is 17.0 Å². The van der Waals surface area contributed by atoms with E-state index in [1.54, 1.807) is 37.9 Å². The van der Waals surface area contributed by atoms with Crippen molar-refractivity contribution in [3.63, 3.8) is 0 Å². The Morgan fingerprint density at radius 1 is 1.30 bits per heavy atom. The van der Waals surface area contributed by atoms with Crippen molar-refractivity contribution in [3.8, 4) is 11.5 Å². The summed E-state index contributed by atoms with van der Waals surface area (Å²) in [5.74, 6) is 1.39. The molecule has 0 spiro atoms. The van der Waals surface area contributed by atoms with E-state index in [2.05, 4.69) is 15.5 Å². The number of hydrogen-bond acceptors (Lipinski definition) is 7. The molecule has 1 aromatic carbocycles. The van der Waals surface area contributed by atoms with Gasteiger partial charge in [0.25, 0.3) is 0 Å². The second-order valence-corrected chi connectivity index (χ2v) is 5.70. The quantitative estimate of drug-likeness (QED) is 0.825. The summed E-state index contributed by atoms with van der Waals surface area (Å²) in [5, 5.41) is 10.4. The van der Waals surface area contributed by atoms with Crippen LogP contribution in [0.1, 0.15) is 0 Å². The van der Waals surface area contributed by atoms with Crippen molar-refractivity contribution >= 4 is 34.7 Å². The molecule has 0 aliphatic carbocycles. The monoisotopic (exact) mass is 311 g/mol. The Morgan fingerprint density at radius 2 is 2.00 bits per heavy atom. The van der Waals surface area contributed by atoms with Gasteiger partial charge in [-0.05, 0) is 0 Å². The minimum atomic E-state index is -0.125. The van der Waals surface area contributed by atoms with Crippen LogP contribution in [-0.4, -0.2) is 36.1 Å². The van der Waals surface area contributed by atoms with Crippen molar-refractivity contribution in [2.45, 2.75) is 4.34 Å². The van der Waals surface area contributed by atoms with Gasteiger partial charge in [-0.2, -0.15) is 0 Å².